The number of furan rings is 1. The van der Waals surface area contributed by atoms with Crippen LogP contribution in [0.4, 0.5) is 5.82 Å². The first kappa shape index (κ1) is 19.1. The van der Waals surface area contributed by atoms with Crippen LogP contribution in [0.2, 0.25) is 0 Å². The van der Waals surface area contributed by atoms with Gasteiger partial charge in [0.25, 0.3) is 0 Å². The summed E-state index contributed by atoms with van der Waals surface area (Å²) in [6.45, 7) is 7.86. The molecule has 4 rings (SSSR count). The highest BCUT2D eigenvalue weighted by Gasteiger charge is 2.20. The number of amides is 1. The zero-order valence-electron chi connectivity index (χ0n) is 16.9. The lowest BCUT2D eigenvalue weighted by Crippen LogP contribution is -2.48. The number of aromatic nitrogens is 2. The minimum atomic E-state index is 0.0570. The molecule has 3 aromatic rings. The van der Waals surface area contributed by atoms with Crippen molar-refractivity contribution in [1.82, 2.24) is 14.5 Å². The highest BCUT2D eigenvalue weighted by atomic mass is 16.3. The van der Waals surface area contributed by atoms with Crippen molar-refractivity contribution in [2.75, 3.05) is 31.1 Å². The summed E-state index contributed by atoms with van der Waals surface area (Å²) in [6, 6.07) is 11.9. The minimum absolute atomic E-state index is 0.0570. The zero-order valence-corrected chi connectivity index (χ0v) is 16.9. The topological polar surface area (TPSA) is 54.5 Å². The van der Waals surface area contributed by atoms with Crippen molar-refractivity contribution < 1.29 is 9.21 Å². The molecule has 0 aromatic carbocycles. The van der Waals surface area contributed by atoms with Gasteiger partial charge in [-0.05, 0) is 55.8 Å². The average molecular weight is 390 g/mol. The van der Waals surface area contributed by atoms with Crippen molar-refractivity contribution in [1.29, 1.82) is 0 Å². The molecule has 0 bridgehead atoms. The van der Waals surface area contributed by atoms with E-state index in [-0.39, 0.29) is 5.91 Å². The van der Waals surface area contributed by atoms with Crippen molar-refractivity contribution in [3.8, 4) is 0 Å². The van der Waals surface area contributed by atoms with E-state index in [4.69, 9.17) is 4.42 Å². The van der Waals surface area contributed by atoms with Gasteiger partial charge in [-0.25, -0.2) is 4.98 Å². The number of hydrogen-bond donors (Lipinski definition) is 0. The monoisotopic (exact) mass is 390 g/mol. The van der Waals surface area contributed by atoms with Gasteiger partial charge in [0, 0.05) is 49.8 Å². The minimum Gasteiger partial charge on any atom is -0.467 e. The SMILES string of the molecule is Cc1cc(/C=C/C(=O)N2CCN(c3ccccn3)CC2)c(C)n1Cc1ccco1. The summed E-state index contributed by atoms with van der Waals surface area (Å²) in [5, 5.41) is 0. The molecule has 1 saturated heterocycles. The number of nitrogens with zero attached hydrogens (tertiary/aromatic N) is 4. The van der Waals surface area contributed by atoms with Gasteiger partial charge in [-0.2, -0.15) is 0 Å². The molecular formula is C23H26N4O2. The van der Waals surface area contributed by atoms with Crippen LogP contribution >= 0.6 is 0 Å². The maximum atomic E-state index is 12.7. The van der Waals surface area contributed by atoms with Gasteiger partial charge in [-0.15, -0.1) is 0 Å². The zero-order chi connectivity index (χ0) is 20.2. The lowest BCUT2D eigenvalue weighted by molar-refractivity contribution is -0.126. The average Bonchev–Trinajstić information content (AvgIpc) is 3.36. The molecule has 6 nitrogen and oxygen atoms in total. The lowest BCUT2D eigenvalue weighted by Gasteiger charge is -2.34. The molecule has 0 spiro atoms. The van der Waals surface area contributed by atoms with Crippen molar-refractivity contribution >= 4 is 17.8 Å². The third-order valence-corrected chi connectivity index (χ3v) is 5.48. The Balaban J connectivity index is 1.38. The molecule has 0 unspecified atom stereocenters. The first-order valence-electron chi connectivity index (χ1n) is 9.94. The Hall–Kier alpha value is -3.28. The number of aryl methyl sites for hydroxylation is 1. The van der Waals surface area contributed by atoms with Crippen LogP contribution in [0, 0.1) is 13.8 Å². The van der Waals surface area contributed by atoms with Crippen LogP contribution in [-0.2, 0) is 11.3 Å². The summed E-state index contributed by atoms with van der Waals surface area (Å²) in [5.41, 5.74) is 3.34. The highest BCUT2D eigenvalue weighted by Crippen LogP contribution is 2.19. The molecule has 1 aliphatic rings. The van der Waals surface area contributed by atoms with Gasteiger partial charge in [0.05, 0.1) is 12.8 Å². The fourth-order valence-corrected chi connectivity index (χ4v) is 3.76. The van der Waals surface area contributed by atoms with Gasteiger partial charge in [0.2, 0.25) is 5.91 Å². The Morgan fingerprint density at radius 1 is 1.14 bits per heavy atom. The van der Waals surface area contributed by atoms with E-state index in [9.17, 15) is 4.79 Å². The molecule has 150 valence electrons. The van der Waals surface area contributed by atoms with E-state index in [1.54, 1.807) is 18.5 Å². The summed E-state index contributed by atoms with van der Waals surface area (Å²) < 4.78 is 7.67. The smallest absolute Gasteiger partial charge is 0.246 e. The Kier molecular flexibility index (Phi) is 5.51. The van der Waals surface area contributed by atoms with E-state index >= 15 is 0 Å². The Bertz CT molecular complexity index is 982. The predicted octanol–water partition coefficient (Wildman–Crippen LogP) is 3.50. The van der Waals surface area contributed by atoms with Crippen LogP contribution in [0.1, 0.15) is 22.7 Å². The second-order valence-corrected chi connectivity index (χ2v) is 7.33. The second-order valence-electron chi connectivity index (χ2n) is 7.33. The molecule has 1 amide bonds. The van der Waals surface area contributed by atoms with Crippen LogP contribution in [-0.4, -0.2) is 46.5 Å². The normalized spacial score (nSPS) is 14.7. The molecule has 0 atom stereocenters. The lowest BCUT2D eigenvalue weighted by atomic mass is 10.2. The third-order valence-electron chi connectivity index (χ3n) is 5.48. The number of anilines is 1. The molecule has 1 fully saturated rings. The fraction of sp³-hybridized carbons (Fsp3) is 0.304. The standard InChI is InChI=1S/C23H26N4O2/c1-18-16-20(19(2)27(18)17-21-6-5-15-29-21)8-9-23(28)26-13-11-25(12-14-26)22-7-3-4-10-24-22/h3-10,15-16H,11-14,17H2,1-2H3/b9-8+. The first-order valence-corrected chi connectivity index (χ1v) is 9.94. The molecule has 4 heterocycles. The second kappa shape index (κ2) is 8.39. The van der Waals surface area contributed by atoms with E-state index in [2.05, 4.69) is 34.4 Å². The maximum Gasteiger partial charge on any atom is 0.246 e. The van der Waals surface area contributed by atoms with Gasteiger partial charge in [-0.1, -0.05) is 6.07 Å². The summed E-state index contributed by atoms with van der Waals surface area (Å²) >= 11 is 0. The molecule has 0 aliphatic carbocycles. The summed E-state index contributed by atoms with van der Waals surface area (Å²) in [7, 11) is 0. The van der Waals surface area contributed by atoms with Gasteiger partial charge < -0.3 is 18.8 Å². The van der Waals surface area contributed by atoms with E-state index in [0.717, 1.165) is 41.6 Å². The molecule has 29 heavy (non-hydrogen) atoms. The fourth-order valence-electron chi connectivity index (χ4n) is 3.76. The predicted molar refractivity (Wildman–Crippen MR) is 114 cm³/mol. The number of rotatable bonds is 5. The van der Waals surface area contributed by atoms with Crippen molar-refractivity contribution in [3.63, 3.8) is 0 Å². The number of hydrogen-bond acceptors (Lipinski definition) is 4. The van der Waals surface area contributed by atoms with Crippen LogP contribution in [0.3, 0.4) is 0 Å². The van der Waals surface area contributed by atoms with Gasteiger partial charge in [0.15, 0.2) is 0 Å². The van der Waals surface area contributed by atoms with E-state index in [0.29, 0.717) is 19.6 Å². The number of carbonyl (C=O) groups excluding carboxylic acids is 1. The molecular weight excluding hydrogens is 364 g/mol. The van der Waals surface area contributed by atoms with Crippen LogP contribution in [0.5, 0.6) is 0 Å². The van der Waals surface area contributed by atoms with E-state index in [1.165, 1.54) is 0 Å². The largest absolute Gasteiger partial charge is 0.467 e. The maximum absolute atomic E-state index is 12.7. The Labute approximate surface area is 171 Å². The van der Waals surface area contributed by atoms with Crippen LogP contribution in [0.25, 0.3) is 6.08 Å². The van der Waals surface area contributed by atoms with Crippen molar-refractivity contribution in [2.24, 2.45) is 0 Å². The molecule has 3 aromatic heterocycles. The summed E-state index contributed by atoms with van der Waals surface area (Å²) in [5.74, 6) is 1.95. The quantitative estimate of drug-likeness (QED) is 0.626. The number of carbonyl (C=O) groups is 1. The summed E-state index contributed by atoms with van der Waals surface area (Å²) in [4.78, 5) is 21.2. The molecule has 0 N–H and O–H groups in total. The molecule has 6 heteroatoms. The van der Waals surface area contributed by atoms with Crippen molar-refractivity contribution in [3.05, 3.63) is 77.6 Å². The molecule has 0 saturated carbocycles. The Morgan fingerprint density at radius 2 is 1.97 bits per heavy atom. The number of piperazine rings is 1. The van der Waals surface area contributed by atoms with Gasteiger partial charge in [-0.3, -0.25) is 4.79 Å². The molecule has 1 aliphatic heterocycles. The third kappa shape index (κ3) is 4.26. The first-order chi connectivity index (χ1) is 14.1. The van der Waals surface area contributed by atoms with E-state index in [1.807, 2.05) is 41.3 Å². The van der Waals surface area contributed by atoms with E-state index < -0.39 is 0 Å². The van der Waals surface area contributed by atoms with Crippen LogP contribution < -0.4 is 4.90 Å². The van der Waals surface area contributed by atoms with Gasteiger partial charge in [0.1, 0.15) is 11.6 Å². The van der Waals surface area contributed by atoms with Crippen LogP contribution in [0.15, 0.2) is 59.4 Å². The summed E-state index contributed by atoms with van der Waals surface area (Å²) in [6.07, 6.45) is 7.11. The van der Waals surface area contributed by atoms with Crippen molar-refractivity contribution in [2.45, 2.75) is 20.4 Å². The van der Waals surface area contributed by atoms with Gasteiger partial charge >= 0.3 is 0 Å². The Morgan fingerprint density at radius 3 is 2.66 bits per heavy atom. The highest BCUT2D eigenvalue weighted by molar-refractivity contribution is 5.92. The molecule has 0 radical (unpaired) electrons. The number of pyridine rings is 1.